The monoisotopic (exact) mass is 251 g/mol. The predicted octanol–water partition coefficient (Wildman–Crippen LogP) is 1.07. The maximum Gasteiger partial charge on any atom is 0.405 e. The highest BCUT2D eigenvalue weighted by atomic mass is 19.4. The second kappa shape index (κ2) is 4.04. The lowest BCUT2D eigenvalue weighted by Crippen LogP contribution is -2.45. The van der Waals surface area contributed by atoms with Crippen LogP contribution in [0.25, 0.3) is 0 Å². The van der Waals surface area contributed by atoms with Gasteiger partial charge in [-0.1, -0.05) is 6.42 Å². The number of hydrogen-bond donors (Lipinski definition) is 2. The normalized spacial score (nSPS) is 27.1. The second-order valence-electron chi connectivity index (χ2n) is 4.98. The highest BCUT2D eigenvalue weighted by Crippen LogP contribution is 2.47. The standard InChI is InChI=1S/C10H16F3N3O/c11-10(12,13)5-15-8(17)16-4-7(14)9(6-16)2-1-3-9/h7H,1-6,14H2,(H,15,17). The van der Waals surface area contributed by atoms with E-state index in [1.807, 2.05) is 5.32 Å². The van der Waals surface area contributed by atoms with Crippen molar-refractivity contribution in [3.63, 3.8) is 0 Å². The Hall–Kier alpha value is -0.980. The molecular formula is C10H16F3N3O. The van der Waals surface area contributed by atoms with E-state index in [9.17, 15) is 18.0 Å². The molecule has 0 aromatic carbocycles. The summed E-state index contributed by atoms with van der Waals surface area (Å²) in [7, 11) is 0. The number of carbonyl (C=O) groups is 1. The Labute approximate surface area is 97.3 Å². The van der Waals surface area contributed by atoms with Crippen LogP contribution in [0.2, 0.25) is 0 Å². The molecule has 0 bridgehead atoms. The van der Waals surface area contributed by atoms with Crippen molar-refractivity contribution in [2.75, 3.05) is 19.6 Å². The third-order valence-electron chi connectivity index (χ3n) is 3.79. The van der Waals surface area contributed by atoms with Gasteiger partial charge in [0.1, 0.15) is 6.54 Å². The van der Waals surface area contributed by atoms with Gasteiger partial charge in [0.2, 0.25) is 0 Å². The molecular weight excluding hydrogens is 235 g/mol. The van der Waals surface area contributed by atoms with Gasteiger partial charge in [-0.3, -0.25) is 0 Å². The van der Waals surface area contributed by atoms with Crippen LogP contribution >= 0.6 is 0 Å². The van der Waals surface area contributed by atoms with Gasteiger partial charge in [-0.05, 0) is 12.8 Å². The minimum atomic E-state index is -4.37. The minimum absolute atomic E-state index is 0.0322. The fourth-order valence-corrected chi connectivity index (χ4v) is 2.60. The van der Waals surface area contributed by atoms with Crippen LogP contribution in [0.5, 0.6) is 0 Å². The van der Waals surface area contributed by atoms with E-state index in [0.29, 0.717) is 13.1 Å². The fourth-order valence-electron chi connectivity index (χ4n) is 2.60. The summed E-state index contributed by atoms with van der Waals surface area (Å²) < 4.78 is 35.9. The Balaban J connectivity index is 1.85. The van der Waals surface area contributed by atoms with Gasteiger partial charge in [0.15, 0.2) is 0 Å². The van der Waals surface area contributed by atoms with Gasteiger partial charge in [0.25, 0.3) is 0 Å². The van der Waals surface area contributed by atoms with E-state index in [0.717, 1.165) is 19.3 Å². The van der Waals surface area contributed by atoms with E-state index in [-0.39, 0.29) is 11.5 Å². The zero-order valence-electron chi connectivity index (χ0n) is 9.39. The number of halogens is 3. The molecule has 98 valence electrons. The molecule has 4 nitrogen and oxygen atoms in total. The first kappa shape index (κ1) is 12.5. The van der Waals surface area contributed by atoms with E-state index in [4.69, 9.17) is 5.73 Å². The highest BCUT2D eigenvalue weighted by Gasteiger charge is 2.50. The molecule has 1 spiro atoms. The lowest BCUT2D eigenvalue weighted by molar-refractivity contribution is -0.123. The predicted molar refractivity (Wildman–Crippen MR) is 55.3 cm³/mol. The zero-order valence-corrected chi connectivity index (χ0v) is 9.39. The lowest BCUT2D eigenvalue weighted by atomic mass is 9.66. The van der Waals surface area contributed by atoms with Crippen LogP contribution < -0.4 is 11.1 Å². The molecule has 3 N–H and O–H groups in total. The van der Waals surface area contributed by atoms with Gasteiger partial charge in [-0.25, -0.2) is 4.79 Å². The highest BCUT2D eigenvalue weighted by molar-refractivity contribution is 5.74. The van der Waals surface area contributed by atoms with Crippen LogP contribution in [0.3, 0.4) is 0 Å². The molecule has 2 fully saturated rings. The number of urea groups is 1. The molecule has 1 saturated carbocycles. The average molecular weight is 251 g/mol. The first-order valence-electron chi connectivity index (χ1n) is 5.68. The van der Waals surface area contributed by atoms with Gasteiger partial charge in [-0.2, -0.15) is 13.2 Å². The van der Waals surface area contributed by atoms with Crippen molar-refractivity contribution in [1.29, 1.82) is 0 Å². The van der Waals surface area contributed by atoms with E-state index < -0.39 is 18.8 Å². The molecule has 2 aliphatic rings. The van der Waals surface area contributed by atoms with Crippen molar-refractivity contribution in [3.05, 3.63) is 0 Å². The van der Waals surface area contributed by atoms with Gasteiger partial charge in [0, 0.05) is 24.5 Å². The van der Waals surface area contributed by atoms with Gasteiger partial charge >= 0.3 is 12.2 Å². The first-order chi connectivity index (χ1) is 7.82. The van der Waals surface area contributed by atoms with Crippen molar-refractivity contribution >= 4 is 6.03 Å². The molecule has 1 unspecified atom stereocenters. The van der Waals surface area contributed by atoms with Crippen LogP contribution in [-0.4, -0.2) is 42.8 Å². The number of nitrogens with two attached hydrogens (primary N) is 1. The molecule has 2 rings (SSSR count). The van der Waals surface area contributed by atoms with Crippen molar-refractivity contribution < 1.29 is 18.0 Å². The summed E-state index contributed by atoms with van der Waals surface area (Å²) in [4.78, 5) is 12.9. The molecule has 0 aromatic heterocycles. The molecule has 7 heteroatoms. The number of hydrogen-bond acceptors (Lipinski definition) is 2. The summed E-state index contributed by atoms with van der Waals surface area (Å²) >= 11 is 0. The largest absolute Gasteiger partial charge is 0.405 e. The second-order valence-corrected chi connectivity index (χ2v) is 4.98. The average Bonchev–Trinajstić information content (AvgIpc) is 2.51. The molecule has 1 saturated heterocycles. The lowest BCUT2D eigenvalue weighted by Gasteiger charge is -2.41. The molecule has 17 heavy (non-hydrogen) atoms. The van der Waals surface area contributed by atoms with E-state index in [2.05, 4.69) is 0 Å². The maximum atomic E-state index is 12.0. The zero-order chi connectivity index (χ0) is 12.7. The Morgan fingerprint density at radius 1 is 1.47 bits per heavy atom. The molecule has 1 aliphatic heterocycles. The van der Waals surface area contributed by atoms with Crippen molar-refractivity contribution in [2.45, 2.75) is 31.5 Å². The number of likely N-dealkylation sites (tertiary alicyclic amines) is 1. The SMILES string of the molecule is NC1CN(C(=O)NCC(F)(F)F)CC12CCC2. The van der Waals surface area contributed by atoms with Gasteiger partial charge < -0.3 is 16.0 Å². The third-order valence-corrected chi connectivity index (χ3v) is 3.79. The first-order valence-corrected chi connectivity index (χ1v) is 5.68. The molecule has 1 heterocycles. The van der Waals surface area contributed by atoms with E-state index in [1.54, 1.807) is 0 Å². The van der Waals surface area contributed by atoms with Crippen LogP contribution in [0, 0.1) is 5.41 Å². The van der Waals surface area contributed by atoms with Gasteiger partial charge in [-0.15, -0.1) is 0 Å². The summed E-state index contributed by atoms with van der Waals surface area (Å²) in [5.41, 5.74) is 5.91. The molecule has 0 radical (unpaired) electrons. The van der Waals surface area contributed by atoms with Crippen LogP contribution in [0.4, 0.5) is 18.0 Å². The third kappa shape index (κ3) is 2.48. The maximum absolute atomic E-state index is 12.0. The Kier molecular flexibility index (Phi) is 2.97. The van der Waals surface area contributed by atoms with E-state index >= 15 is 0 Å². The quantitative estimate of drug-likeness (QED) is 0.732. The number of amides is 2. The topological polar surface area (TPSA) is 58.4 Å². The molecule has 1 aliphatic carbocycles. The minimum Gasteiger partial charge on any atom is -0.329 e. The number of nitrogens with one attached hydrogen (secondary N) is 1. The van der Waals surface area contributed by atoms with E-state index in [1.165, 1.54) is 4.90 Å². The summed E-state index contributed by atoms with van der Waals surface area (Å²) in [6.07, 6.45) is -1.34. The summed E-state index contributed by atoms with van der Waals surface area (Å²) in [6.45, 7) is -0.452. The van der Waals surface area contributed by atoms with Crippen molar-refractivity contribution in [3.8, 4) is 0 Å². The summed E-state index contributed by atoms with van der Waals surface area (Å²) in [5, 5.41) is 1.88. The van der Waals surface area contributed by atoms with Crippen LogP contribution in [0.15, 0.2) is 0 Å². The van der Waals surface area contributed by atoms with Crippen LogP contribution in [0.1, 0.15) is 19.3 Å². The van der Waals surface area contributed by atoms with Crippen molar-refractivity contribution in [1.82, 2.24) is 10.2 Å². The fraction of sp³-hybridized carbons (Fsp3) is 0.900. The summed E-state index contributed by atoms with van der Waals surface area (Å²) in [6, 6.07) is -0.769. The molecule has 2 amide bonds. The van der Waals surface area contributed by atoms with Crippen molar-refractivity contribution in [2.24, 2.45) is 11.1 Å². The number of rotatable bonds is 1. The number of alkyl halides is 3. The summed E-state index contributed by atoms with van der Waals surface area (Å²) in [5.74, 6) is 0. The Bertz CT molecular complexity index is 314. The van der Waals surface area contributed by atoms with Gasteiger partial charge in [0.05, 0.1) is 0 Å². The molecule has 1 atom stereocenters. The molecule has 0 aromatic rings. The van der Waals surface area contributed by atoms with Crippen LogP contribution in [-0.2, 0) is 0 Å². The Morgan fingerprint density at radius 2 is 2.12 bits per heavy atom. The Morgan fingerprint density at radius 3 is 2.53 bits per heavy atom. The number of nitrogens with zero attached hydrogens (tertiary/aromatic N) is 1. The smallest absolute Gasteiger partial charge is 0.329 e. The number of carbonyl (C=O) groups excluding carboxylic acids is 1.